The largest absolute Gasteiger partial charge is 0.447 e. The second kappa shape index (κ2) is 13.4. The molecule has 1 saturated carbocycles. The van der Waals surface area contributed by atoms with Crippen LogP contribution in [0.5, 0.6) is 0 Å². The molecule has 3 N–H and O–H groups in total. The number of hydrogen-bond donors (Lipinski definition) is 2. The normalized spacial score (nSPS) is 19.1. The fourth-order valence-corrected chi connectivity index (χ4v) is 6.41. The highest BCUT2D eigenvalue weighted by molar-refractivity contribution is 6.32. The van der Waals surface area contributed by atoms with Gasteiger partial charge in [0.25, 0.3) is 12.3 Å². The van der Waals surface area contributed by atoms with Gasteiger partial charge in [-0.1, -0.05) is 62.7 Å². The summed E-state index contributed by atoms with van der Waals surface area (Å²) >= 11 is 6.42. The first kappa shape index (κ1) is 36.6. The van der Waals surface area contributed by atoms with Crippen molar-refractivity contribution in [2.24, 2.45) is 16.1 Å². The molecule has 1 fully saturated rings. The fraction of sp³-hybridized carbons (Fsp3) is 0.382. The number of nitrogens with one attached hydrogen (secondary N) is 1. The number of halogens is 6. The summed E-state index contributed by atoms with van der Waals surface area (Å²) in [6.07, 6.45) is -5.53. The number of nitrogens with two attached hydrogens (primary N) is 1. The van der Waals surface area contributed by atoms with E-state index in [1.54, 1.807) is 42.7 Å². The highest BCUT2D eigenvalue weighted by Crippen LogP contribution is 2.49. The zero-order valence-electron chi connectivity index (χ0n) is 28.0. The van der Waals surface area contributed by atoms with Gasteiger partial charge in [0.2, 0.25) is 0 Å². The third kappa shape index (κ3) is 7.00. The Kier molecular flexibility index (Phi) is 9.44. The van der Waals surface area contributed by atoms with Crippen molar-refractivity contribution >= 4 is 29.6 Å². The molecule has 6 rings (SSSR count). The van der Waals surface area contributed by atoms with E-state index in [4.69, 9.17) is 27.1 Å². The van der Waals surface area contributed by atoms with E-state index in [1.165, 1.54) is 18.2 Å². The maximum atomic E-state index is 14.9. The van der Waals surface area contributed by atoms with Crippen LogP contribution in [0.2, 0.25) is 5.02 Å². The van der Waals surface area contributed by atoms with Gasteiger partial charge in [-0.15, -0.1) is 0 Å². The third-order valence-corrected chi connectivity index (χ3v) is 9.09. The summed E-state index contributed by atoms with van der Waals surface area (Å²) in [7, 11) is 0. The molecule has 2 aromatic heterocycles. The van der Waals surface area contributed by atoms with Crippen molar-refractivity contribution in [2.75, 3.05) is 6.61 Å². The number of amides is 2. The smallest absolute Gasteiger partial charge is 0.411 e. The van der Waals surface area contributed by atoms with E-state index in [1.807, 2.05) is 26.1 Å². The number of aliphatic imine (C=N–C) groups is 1. The van der Waals surface area contributed by atoms with Crippen LogP contribution in [-0.2, 0) is 15.1 Å². The van der Waals surface area contributed by atoms with Crippen LogP contribution >= 0.6 is 11.6 Å². The first-order valence-electron chi connectivity index (χ1n) is 16.0. The summed E-state index contributed by atoms with van der Waals surface area (Å²) in [6.45, 7) is 5.02. The minimum Gasteiger partial charge on any atom is -0.447 e. The Bertz CT molecular complexity index is 2000. The van der Waals surface area contributed by atoms with Crippen LogP contribution < -0.4 is 11.1 Å². The van der Waals surface area contributed by atoms with Gasteiger partial charge in [0.1, 0.15) is 18.5 Å². The standard InChI is InChI=1S/C34H33ClF5N9O3/c1-31(2,3)17-33(21-8-5-19(6-9-21)26-42-13-4-14-43-26)28(50)48(29(41)46-33)24(16-52-30(51)47-32(11-12-32)34(38,39)40)20-7-10-22(35)23(15-20)49-27(25(36)37)44-18-45-49/h4-10,13-15,18,24-25H,11-12,16-17H2,1-3H3,(H2,41,46)(H,47,51)/t24-,33-/m1/s1. The molecular weight excluding hydrogens is 713 g/mol. The second-order valence-electron chi connectivity index (χ2n) is 13.8. The van der Waals surface area contributed by atoms with E-state index in [0.29, 0.717) is 17.0 Å². The number of rotatable bonds is 10. The van der Waals surface area contributed by atoms with Crippen LogP contribution in [0.15, 0.2) is 72.2 Å². The number of alkyl halides is 5. The first-order valence-corrected chi connectivity index (χ1v) is 16.4. The molecule has 0 unspecified atom stereocenters. The van der Waals surface area contributed by atoms with Gasteiger partial charge >= 0.3 is 12.3 Å². The molecule has 0 spiro atoms. The average Bonchev–Trinajstić information content (AvgIpc) is 3.63. The molecule has 3 heterocycles. The highest BCUT2D eigenvalue weighted by atomic mass is 35.5. The fourth-order valence-electron chi connectivity index (χ4n) is 6.21. The number of alkyl carbamates (subject to hydrolysis) is 1. The molecular formula is C34H33ClF5N9O3. The molecule has 2 aromatic carbocycles. The topological polar surface area (TPSA) is 154 Å². The van der Waals surface area contributed by atoms with Crippen molar-refractivity contribution in [1.29, 1.82) is 0 Å². The van der Waals surface area contributed by atoms with Gasteiger partial charge in [0, 0.05) is 18.0 Å². The molecule has 18 heteroatoms. The third-order valence-electron chi connectivity index (χ3n) is 8.77. The highest BCUT2D eigenvalue weighted by Gasteiger charge is 2.64. The summed E-state index contributed by atoms with van der Waals surface area (Å²) in [5.74, 6) is -1.17. The molecule has 0 saturated heterocycles. The Morgan fingerprint density at radius 3 is 2.33 bits per heavy atom. The lowest BCUT2D eigenvalue weighted by Gasteiger charge is -2.35. The number of carbonyl (C=O) groups excluding carboxylic acids is 2. The monoisotopic (exact) mass is 745 g/mol. The number of nitrogens with zero attached hydrogens (tertiary/aromatic N) is 7. The van der Waals surface area contributed by atoms with Crippen LogP contribution in [0.1, 0.15) is 69.5 Å². The summed E-state index contributed by atoms with van der Waals surface area (Å²) in [5.41, 5.74) is 3.25. The van der Waals surface area contributed by atoms with Crippen molar-refractivity contribution in [3.63, 3.8) is 0 Å². The number of ether oxygens (including phenoxy) is 1. The lowest BCUT2D eigenvalue weighted by Crippen LogP contribution is -2.50. The number of aromatic nitrogens is 5. The van der Waals surface area contributed by atoms with Gasteiger partial charge in [-0.2, -0.15) is 18.3 Å². The van der Waals surface area contributed by atoms with Crippen molar-refractivity contribution in [1.82, 2.24) is 34.9 Å². The summed E-state index contributed by atoms with van der Waals surface area (Å²) in [5, 5.41) is 5.75. The van der Waals surface area contributed by atoms with Crippen LogP contribution in [0.4, 0.5) is 26.7 Å². The van der Waals surface area contributed by atoms with Gasteiger partial charge in [0.05, 0.1) is 16.8 Å². The number of guanidine groups is 1. The van der Waals surface area contributed by atoms with Crippen molar-refractivity contribution in [3.8, 4) is 17.1 Å². The molecule has 2 aliphatic rings. The van der Waals surface area contributed by atoms with Crippen molar-refractivity contribution in [2.45, 2.75) is 69.8 Å². The molecule has 0 radical (unpaired) electrons. The van der Waals surface area contributed by atoms with E-state index in [0.717, 1.165) is 15.9 Å². The molecule has 0 bridgehead atoms. The van der Waals surface area contributed by atoms with E-state index >= 15 is 0 Å². The number of hydrogen-bond acceptors (Lipinski definition) is 9. The first-order chi connectivity index (χ1) is 24.4. The lowest BCUT2D eigenvalue weighted by molar-refractivity contribution is -0.164. The maximum Gasteiger partial charge on any atom is 0.411 e. The number of benzene rings is 2. The Balaban J connectivity index is 1.41. The summed E-state index contributed by atoms with van der Waals surface area (Å²) in [6, 6.07) is 11.4. The van der Waals surface area contributed by atoms with Crippen LogP contribution in [0, 0.1) is 5.41 Å². The van der Waals surface area contributed by atoms with Crippen molar-refractivity contribution in [3.05, 3.63) is 89.2 Å². The van der Waals surface area contributed by atoms with E-state index in [-0.39, 0.29) is 41.5 Å². The summed E-state index contributed by atoms with van der Waals surface area (Å²) < 4.78 is 74.7. The molecule has 2 amide bonds. The lowest BCUT2D eigenvalue weighted by atomic mass is 9.75. The zero-order valence-corrected chi connectivity index (χ0v) is 28.8. The Hall–Kier alpha value is -5.19. The predicted octanol–water partition coefficient (Wildman–Crippen LogP) is 6.67. The van der Waals surface area contributed by atoms with Gasteiger partial charge in [0.15, 0.2) is 23.1 Å². The van der Waals surface area contributed by atoms with E-state index in [2.05, 4.69) is 20.1 Å². The zero-order chi connectivity index (χ0) is 37.6. The number of carbonyl (C=O) groups is 2. The predicted molar refractivity (Wildman–Crippen MR) is 178 cm³/mol. The molecule has 1 aliphatic heterocycles. The van der Waals surface area contributed by atoms with Gasteiger partial charge in [-0.3, -0.25) is 9.69 Å². The minimum atomic E-state index is -4.71. The molecule has 12 nitrogen and oxygen atoms in total. The molecule has 2 atom stereocenters. The van der Waals surface area contributed by atoms with Gasteiger partial charge < -0.3 is 15.8 Å². The van der Waals surface area contributed by atoms with Gasteiger partial charge in [-0.05, 0) is 54.0 Å². The van der Waals surface area contributed by atoms with E-state index in [9.17, 15) is 31.5 Å². The summed E-state index contributed by atoms with van der Waals surface area (Å²) in [4.78, 5) is 45.7. The van der Waals surface area contributed by atoms with Crippen LogP contribution in [-0.4, -0.2) is 65.9 Å². The Morgan fingerprint density at radius 1 is 1.06 bits per heavy atom. The van der Waals surface area contributed by atoms with Crippen LogP contribution in [0.3, 0.4) is 0 Å². The Morgan fingerprint density at radius 2 is 1.73 bits per heavy atom. The van der Waals surface area contributed by atoms with Gasteiger partial charge in [-0.25, -0.2) is 38.2 Å². The Labute approximate surface area is 299 Å². The average molecular weight is 746 g/mol. The van der Waals surface area contributed by atoms with Crippen LogP contribution in [0.25, 0.3) is 17.1 Å². The SMILES string of the molecule is CC(C)(C)C[C@]1(c2ccc(-c3ncccn3)cc2)N=C(N)N([C@H](COC(=O)NC2(C(F)(F)F)CC2)c2ccc(Cl)c(-n3ncnc3C(F)F)c2)C1=O. The second-order valence-corrected chi connectivity index (χ2v) is 14.2. The van der Waals surface area contributed by atoms with Crippen molar-refractivity contribution < 1.29 is 36.3 Å². The molecule has 52 heavy (non-hydrogen) atoms. The van der Waals surface area contributed by atoms with E-state index < -0.39 is 59.6 Å². The maximum absolute atomic E-state index is 14.9. The molecule has 4 aromatic rings. The molecule has 274 valence electrons. The molecule has 1 aliphatic carbocycles. The quantitative estimate of drug-likeness (QED) is 0.171. The minimum absolute atomic E-state index is 0.0200.